The molecule has 6 heteroatoms. The van der Waals surface area contributed by atoms with Gasteiger partial charge in [0.25, 0.3) is 5.91 Å². The van der Waals surface area contributed by atoms with Crippen LogP contribution < -0.4 is 5.32 Å². The minimum absolute atomic E-state index is 0.0961. The van der Waals surface area contributed by atoms with E-state index in [9.17, 15) is 4.79 Å². The van der Waals surface area contributed by atoms with Gasteiger partial charge < -0.3 is 10.3 Å². The van der Waals surface area contributed by atoms with Gasteiger partial charge in [-0.2, -0.15) is 5.10 Å². The molecule has 26 heavy (non-hydrogen) atoms. The van der Waals surface area contributed by atoms with Gasteiger partial charge in [0.1, 0.15) is 5.69 Å². The van der Waals surface area contributed by atoms with E-state index in [2.05, 4.69) is 39.8 Å². The lowest BCUT2D eigenvalue weighted by Crippen LogP contribution is -2.28. The third kappa shape index (κ3) is 3.04. The third-order valence-electron chi connectivity index (χ3n) is 4.53. The van der Waals surface area contributed by atoms with Gasteiger partial charge in [0, 0.05) is 33.6 Å². The van der Waals surface area contributed by atoms with Gasteiger partial charge in [0.15, 0.2) is 0 Å². The summed E-state index contributed by atoms with van der Waals surface area (Å²) in [5, 5.41) is 10.7. The van der Waals surface area contributed by atoms with Crippen LogP contribution in [0.2, 0.25) is 0 Å². The molecule has 0 atom stereocenters. The molecule has 3 aromatic heterocycles. The lowest BCUT2D eigenvalue weighted by molar-refractivity contribution is 0.0947. The SMILES string of the molecule is Cc1nn(CCNC(=O)c2cc3ccccc3[nH]2)c(C)c1-c1cccs1. The molecule has 2 N–H and O–H groups in total. The van der Waals surface area contributed by atoms with Crippen molar-refractivity contribution in [3.05, 3.63) is 64.9 Å². The molecule has 0 fully saturated rings. The number of para-hydroxylation sites is 1. The Morgan fingerprint density at radius 3 is 2.85 bits per heavy atom. The standard InChI is InChI=1S/C20H20N4OS/c1-13-19(18-8-5-11-26-18)14(2)24(23-13)10-9-21-20(25)17-12-15-6-3-4-7-16(15)22-17/h3-8,11-12,22H,9-10H2,1-2H3,(H,21,25). The van der Waals surface area contributed by atoms with Crippen LogP contribution in [0.5, 0.6) is 0 Å². The minimum atomic E-state index is -0.0961. The molecule has 1 amide bonds. The lowest BCUT2D eigenvalue weighted by atomic mass is 10.1. The van der Waals surface area contributed by atoms with E-state index < -0.39 is 0 Å². The summed E-state index contributed by atoms with van der Waals surface area (Å²) in [6.07, 6.45) is 0. The van der Waals surface area contributed by atoms with Crippen molar-refractivity contribution in [2.24, 2.45) is 0 Å². The number of aromatic nitrogens is 3. The van der Waals surface area contributed by atoms with E-state index in [0.29, 0.717) is 18.8 Å². The van der Waals surface area contributed by atoms with Gasteiger partial charge in [-0.3, -0.25) is 9.48 Å². The number of aromatic amines is 1. The Balaban J connectivity index is 1.43. The van der Waals surface area contributed by atoms with Crippen LogP contribution in [0.15, 0.2) is 47.8 Å². The largest absolute Gasteiger partial charge is 0.351 e. The summed E-state index contributed by atoms with van der Waals surface area (Å²) < 4.78 is 1.97. The molecule has 0 bridgehead atoms. The van der Waals surface area contributed by atoms with Gasteiger partial charge in [-0.1, -0.05) is 24.3 Å². The zero-order chi connectivity index (χ0) is 18.1. The van der Waals surface area contributed by atoms with E-state index in [4.69, 9.17) is 0 Å². The van der Waals surface area contributed by atoms with E-state index in [0.717, 1.165) is 22.3 Å². The molecular formula is C20H20N4OS. The molecule has 132 valence electrons. The Kier molecular flexibility index (Phi) is 4.34. The van der Waals surface area contributed by atoms with Crippen LogP contribution in [-0.2, 0) is 6.54 Å². The summed E-state index contributed by atoms with van der Waals surface area (Å²) in [6.45, 7) is 5.28. The van der Waals surface area contributed by atoms with Crippen LogP contribution in [0.4, 0.5) is 0 Å². The Labute approximate surface area is 155 Å². The fourth-order valence-corrected chi connectivity index (χ4v) is 4.13. The molecule has 4 aromatic rings. The highest BCUT2D eigenvalue weighted by atomic mass is 32.1. The summed E-state index contributed by atoms with van der Waals surface area (Å²) in [6, 6.07) is 13.9. The van der Waals surface area contributed by atoms with Crippen molar-refractivity contribution < 1.29 is 4.79 Å². The van der Waals surface area contributed by atoms with Crippen LogP contribution in [0.25, 0.3) is 21.3 Å². The summed E-state index contributed by atoms with van der Waals surface area (Å²) in [5.41, 5.74) is 4.90. The molecule has 0 unspecified atom stereocenters. The molecule has 0 radical (unpaired) electrons. The number of benzene rings is 1. The second-order valence-corrected chi connectivity index (χ2v) is 7.22. The van der Waals surface area contributed by atoms with Crippen LogP contribution >= 0.6 is 11.3 Å². The van der Waals surface area contributed by atoms with E-state index in [1.807, 2.05) is 41.9 Å². The Morgan fingerprint density at radius 1 is 1.23 bits per heavy atom. The summed E-state index contributed by atoms with van der Waals surface area (Å²) in [4.78, 5) is 16.8. The van der Waals surface area contributed by atoms with E-state index >= 15 is 0 Å². The van der Waals surface area contributed by atoms with Crippen LogP contribution in [0.1, 0.15) is 21.9 Å². The lowest BCUT2D eigenvalue weighted by Gasteiger charge is -2.06. The van der Waals surface area contributed by atoms with Gasteiger partial charge in [-0.15, -0.1) is 11.3 Å². The number of carbonyl (C=O) groups is 1. The summed E-state index contributed by atoms with van der Waals surface area (Å²) in [7, 11) is 0. The molecule has 3 heterocycles. The number of thiophene rings is 1. The van der Waals surface area contributed by atoms with Crippen LogP contribution in [0.3, 0.4) is 0 Å². The maximum atomic E-state index is 12.4. The van der Waals surface area contributed by atoms with Gasteiger partial charge in [-0.25, -0.2) is 0 Å². The molecular weight excluding hydrogens is 344 g/mol. The second-order valence-electron chi connectivity index (χ2n) is 6.27. The quantitative estimate of drug-likeness (QED) is 0.559. The van der Waals surface area contributed by atoms with Crippen molar-refractivity contribution in [2.45, 2.75) is 20.4 Å². The average molecular weight is 364 g/mol. The predicted octanol–water partition coefficient (Wildman–Crippen LogP) is 4.14. The van der Waals surface area contributed by atoms with Crippen molar-refractivity contribution >= 4 is 28.1 Å². The van der Waals surface area contributed by atoms with Gasteiger partial charge in [0.05, 0.1) is 12.2 Å². The molecule has 0 aliphatic carbocycles. The fraction of sp³-hybridized carbons (Fsp3) is 0.200. The van der Waals surface area contributed by atoms with Crippen LogP contribution in [0, 0.1) is 13.8 Å². The van der Waals surface area contributed by atoms with Gasteiger partial charge in [-0.05, 0) is 37.4 Å². The molecule has 0 saturated carbocycles. The van der Waals surface area contributed by atoms with Crippen molar-refractivity contribution in [3.8, 4) is 10.4 Å². The van der Waals surface area contributed by atoms with E-state index in [1.54, 1.807) is 11.3 Å². The Bertz CT molecular complexity index is 1030. The first-order valence-corrected chi connectivity index (χ1v) is 9.45. The molecule has 0 aliphatic rings. The molecule has 4 rings (SSSR count). The zero-order valence-electron chi connectivity index (χ0n) is 14.7. The van der Waals surface area contributed by atoms with Crippen molar-refractivity contribution in [2.75, 3.05) is 6.54 Å². The molecule has 0 saturated heterocycles. The first-order valence-electron chi connectivity index (χ1n) is 8.57. The van der Waals surface area contributed by atoms with Crippen molar-refractivity contribution in [1.82, 2.24) is 20.1 Å². The van der Waals surface area contributed by atoms with Gasteiger partial charge in [0.2, 0.25) is 0 Å². The smallest absolute Gasteiger partial charge is 0.267 e. The first kappa shape index (κ1) is 16.6. The van der Waals surface area contributed by atoms with Crippen LogP contribution in [-0.4, -0.2) is 27.2 Å². The maximum absolute atomic E-state index is 12.4. The summed E-state index contributed by atoms with van der Waals surface area (Å²) >= 11 is 1.72. The van der Waals surface area contributed by atoms with Crippen molar-refractivity contribution in [3.63, 3.8) is 0 Å². The monoisotopic (exact) mass is 364 g/mol. The number of amides is 1. The molecule has 5 nitrogen and oxygen atoms in total. The predicted molar refractivity (Wildman–Crippen MR) is 106 cm³/mol. The highest BCUT2D eigenvalue weighted by Gasteiger charge is 2.14. The summed E-state index contributed by atoms with van der Waals surface area (Å²) in [5.74, 6) is -0.0961. The molecule has 1 aromatic carbocycles. The molecule has 0 spiro atoms. The first-order chi connectivity index (χ1) is 12.6. The number of nitrogens with zero attached hydrogens (tertiary/aromatic N) is 2. The number of hydrogen-bond donors (Lipinski definition) is 2. The average Bonchev–Trinajstić information content (AvgIpc) is 3.34. The third-order valence-corrected chi connectivity index (χ3v) is 5.42. The van der Waals surface area contributed by atoms with E-state index in [-0.39, 0.29) is 5.91 Å². The number of nitrogens with one attached hydrogen (secondary N) is 2. The fourth-order valence-electron chi connectivity index (χ4n) is 3.26. The number of H-pyrrole nitrogens is 1. The highest BCUT2D eigenvalue weighted by molar-refractivity contribution is 7.13. The number of hydrogen-bond acceptors (Lipinski definition) is 3. The second kappa shape index (κ2) is 6.80. The van der Waals surface area contributed by atoms with E-state index in [1.165, 1.54) is 10.4 Å². The van der Waals surface area contributed by atoms with Gasteiger partial charge >= 0.3 is 0 Å². The maximum Gasteiger partial charge on any atom is 0.267 e. The number of carbonyl (C=O) groups excluding carboxylic acids is 1. The topological polar surface area (TPSA) is 62.7 Å². The Morgan fingerprint density at radius 2 is 2.08 bits per heavy atom. The van der Waals surface area contributed by atoms with Crippen molar-refractivity contribution in [1.29, 1.82) is 0 Å². The minimum Gasteiger partial charge on any atom is -0.351 e. The number of fused-ring (bicyclic) bond motifs is 1. The highest BCUT2D eigenvalue weighted by Crippen LogP contribution is 2.30. The number of rotatable bonds is 5. The normalized spacial score (nSPS) is 11.2. The Hall–Kier alpha value is -2.86. The molecule has 0 aliphatic heterocycles. The number of aryl methyl sites for hydroxylation is 1. The zero-order valence-corrected chi connectivity index (χ0v) is 15.6.